The smallest absolute Gasteiger partial charge is 0.225 e. The van der Waals surface area contributed by atoms with Gasteiger partial charge in [-0.2, -0.15) is 0 Å². The van der Waals surface area contributed by atoms with Gasteiger partial charge in [0.1, 0.15) is 0 Å². The molecule has 2 heterocycles. The maximum Gasteiger partial charge on any atom is 0.225 e. The molecular formula is C15H22N4O. The standard InChI is InChI=1S/C15H22N4O/c1-2-11-9-16-15(17-10-11)19-7-5-13(6-8-19)18-14(20)12-3-4-12/h9-10,12-13H,2-8H2,1H3,(H,18,20). The Balaban J connectivity index is 1.50. The first kappa shape index (κ1) is 13.3. The Labute approximate surface area is 119 Å². The van der Waals surface area contributed by atoms with E-state index in [9.17, 15) is 4.79 Å². The van der Waals surface area contributed by atoms with Crippen LogP contribution in [0, 0.1) is 5.92 Å². The second-order valence-corrected chi connectivity index (χ2v) is 5.79. The van der Waals surface area contributed by atoms with Crippen LogP contribution in [0.15, 0.2) is 12.4 Å². The first-order valence-corrected chi connectivity index (χ1v) is 7.62. The molecule has 5 nitrogen and oxygen atoms in total. The number of amides is 1. The summed E-state index contributed by atoms with van der Waals surface area (Å²) in [5.41, 5.74) is 1.17. The largest absolute Gasteiger partial charge is 0.353 e. The molecule has 1 amide bonds. The van der Waals surface area contributed by atoms with Gasteiger partial charge in [0.15, 0.2) is 0 Å². The van der Waals surface area contributed by atoms with Crippen LogP contribution < -0.4 is 10.2 Å². The number of hydrogen-bond donors (Lipinski definition) is 1. The van der Waals surface area contributed by atoms with Gasteiger partial charge >= 0.3 is 0 Å². The van der Waals surface area contributed by atoms with Gasteiger partial charge in [-0.05, 0) is 37.7 Å². The Morgan fingerprint density at radius 1 is 1.25 bits per heavy atom. The van der Waals surface area contributed by atoms with E-state index in [1.165, 1.54) is 5.56 Å². The molecule has 0 radical (unpaired) electrons. The minimum absolute atomic E-state index is 0.256. The summed E-state index contributed by atoms with van der Waals surface area (Å²) in [7, 11) is 0. The zero-order valence-corrected chi connectivity index (χ0v) is 12.0. The fourth-order valence-electron chi connectivity index (χ4n) is 2.58. The molecule has 0 bridgehead atoms. The third-order valence-electron chi connectivity index (χ3n) is 4.17. The van der Waals surface area contributed by atoms with Crippen LogP contribution in [0.1, 0.15) is 38.2 Å². The average Bonchev–Trinajstić information content (AvgIpc) is 3.33. The molecule has 20 heavy (non-hydrogen) atoms. The molecule has 0 aromatic carbocycles. The van der Waals surface area contributed by atoms with Crippen molar-refractivity contribution in [3.8, 4) is 0 Å². The van der Waals surface area contributed by atoms with Gasteiger partial charge in [0.05, 0.1) is 0 Å². The minimum Gasteiger partial charge on any atom is -0.353 e. The fourth-order valence-corrected chi connectivity index (χ4v) is 2.58. The summed E-state index contributed by atoms with van der Waals surface area (Å²) in [6.45, 7) is 3.94. The third-order valence-corrected chi connectivity index (χ3v) is 4.17. The summed E-state index contributed by atoms with van der Waals surface area (Å²) in [4.78, 5) is 22.8. The van der Waals surface area contributed by atoms with E-state index in [0.29, 0.717) is 12.0 Å². The van der Waals surface area contributed by atoms with Crippen molar-refractivity contribution in [1.29, 1.82) is 0 Å². The SMILES string of the molecule is CCc1cnc(N2CCC(NC(=O)C3CC3)CC2)nc1. The van der Waals surface area contributed by atoms with Crippen LogP contribution in [-0.2, 0) is 11.2 Å². The Kier molecular flexibility index (Phi) is 3.85. The lowest BCUT2D eigenvalue weighted by Crippen LogP contribution is -2.45. The molecule has 0 unspecified atom stereocenters. The number of aryl methyl sites for hydroxylation is 1. The lowest BCUT2D eigenvalue weighted by molar-refractivity contribution is -0.123. The summed E-state index contributed by atoms with van der Waals surface area (Å²) in [5, 5.41) is 3.16. The van der Waals surface area contributed by atoms with E-state index in [-0.39, 0.29) is 5.91 Å². The second-order valence-electron chi connectivity index (χ2n) is 5.79. The molecule has 108 valence electrons. The van der Waals surface area contributed by atoms with E-state index >= 15 is 0 Å². The van der Waals surface area contributed by atoms with Gasteiger partial charge in [0.2, 0.25) is 11.9 Å². The molecule has 0 atom stereocenters. The lowest BCUT2D eigenvalue weighted by atomic mass is 10.1. The number of hydrogen-bond acceptors (Lipinski definition) is 4. The van der Waals surface area contributed by atoms with E-state index in [1.54, 1.807) is 0 Å². The van der Waals surface area contributed by atoms with Crippen molar-refractivity contribution < 1.29 is 4.79 Å². The van der Waals surface area contributed by atoms with Gasteiger partial charge in [-0.15, -0.1) is 0 Å². The number of anilines is 1. The molecule has 1 saturated heterocycles. The van der Waals surface area contributed by atoms with Crippen molar-refractivity contribution in [2.75, 3.05) is 18.0 Å². The Morgan fingerprint density at radius 2 is 1.90 bits per heavy atom. The Hall–Kier alpha value is -1.65. The van der Waals surface area contributed by atoms with Crippen LogP contribution >= 0.6 is 0 Å². The summed E-state index contributed by atoms with van der Waals surface area (Å²) < 4.78 is 0. The lowest BCUT2D eigenvalue weighted by Gasteiger charge is -2.32. The molecule has 1 N–H and O–H groups in total. The van der Waals surface area contributed by atoms with E-state index in [1.807, 2.05) is 12.4 Å². The van der Waals surface area contributed by atoms with Gasteiger partial charge in [0, 0.05) is 37.4 Å². The molecule has 1 aromatic heterocycles. The summed E-state index contributed by atoms with van der Waals surface area (Å²) >= 11 is 0. The molecule has 3 rings (SSSR count). The molecular weight excluding hydrogens is 252 g/mol. The maximum atomic E-state index is 11.7. The molecule has 1 aromatic rings. The number of nitrogens with one attached hydrogen (secondary N) is 1. The van der Waals surface area contributed by atoms with Gasteiger partial charge in [0.25, 0.3) is 0 Å². The fraction of sp³-hybridized carbons (Fsp3) is 0.667. The molecule has 2 fully saturated rings. The highest BCUT2D eigenvalue weighted by molar-refractivity contribution is 5.81. The van der Waals surface area contributed by atoms with Crippen molar-refractivity contribution in [2.24, 2.45) is 5.92 Å². The number of carbonyl (C=O) groups is 1. The molecule has 0 spiro atoms. The van der Waals surface area contributed by atoms with Crippen molar-refractivity contribution in [2.45, 2.75) is 45.1 Å². The van der Waals surface area contributed by atoms with E-state index in [2.05, 4.69) is 27.1 Å². The van der Waals surface area contributed by atoms with Crippen molar-refractivity contribution in [3.05, 3.63) is 18.0 Å². The van der Waals surface area contributed by atoms with Crippen molar-refractivity contribution >= 4 is 11.9 Å². The monoisotopic (exact) mass is 274 g/mol. The Morgan fingerprint density at radius 3 is 2.45 bits per heavy atom. The van der Waals surface area contributed by atoms with Crippen molar-refractivity contribution in [1.82, 2.24) is 15.3 Å². The summed E-state index contributed by atoms with van der Waals surface area (Å²) in [5.74, 6) is 1.37. The number of aromatic nitrogens is 2. The topological polar surface area (TPSA) is 58.1 Å². The predicted octanol–water partition coefficient (Wildman–Crippen LogP) is 1.53. The molecule has 1 aliphatic heterocycles. The van der Waals surface area contributed by atoms with E-state index in [4.69, 9.17) is 0 Å². The number of nitrogens with zero attached hydrogens (tertiary/aromatic N) is 3. The predicted molar refractivity (Wildman–Crippen MR) is 77.5 cm³/mol. The highest BCUT2D eigenvalue weighted by atomic mass is 16.2. The first-order chi connectivity index (χ1) is 9.76. The molecule has 2 aliphatic rings. The van der Waals surface area contributed by atoms with Gasteiger partial charge < -0.3 is 10.2 Å². The maximum absolute atomic E-state index is 11.7. The summed E-state index contributed by atoms with van der Waals surface area (Å²) in [6.07, 6.45) is 8.89. The van der Waals surface area contributed by atoms with E-state index in [0.717, 1.165) is 51.1 Å². The first-order valence-electron chi connectivity index (χ1n) is 7.62. The number of carbonyl (C=O) groups excluding carboxylic acids is 1. The van der Waals surface area contributed by atoms with Crippen LogP contribution in [0.3, 0.4) is 0 Å². The van der Waals surface area contributed by atoms with Gasteiger partial charge in [-0.3, -0.25) is 4.79 Å². The zero-order chi connectivity index (χ0) is 13.9. The molecule has 5 heteroatoms. The number of rotatable bonds is 4. The van der Waals surface area contributed by atoms with Crippen LogP contribution in [0.2, 0.25) is 0 Å². The number of piperidine rings is 1. The van der Waals surface area contributed by atoms with Crippen molar-refractivity contribution in [3.63, 3.8) is 0 Å². The third kappa shape index (κ3) is 3.08. The van der Waals surface area contributed by atoms with Crippen LogP contribution in [0.5, 0.6) is 0 Å². The highest BCUT2D eigenvalue weighted by Gasteiger charge is 2.31. The normalized spacial score (nSPS) is 19.9. The minimum atomic E-state index is 0.256. The summed E-state index contributed by atoms with van der Waals surface area (Å²) in [6, 6.07) is 0.328. The average molecular weight is 274 g/mol. The van der Waals surface area contributed by atoms with Crippen LogP contribution in [0.4, 0.5) is 5.95 Å². The van der Waals surface area contributed by atoms with Crippen LogP contribution in [-0.4, -0.2) is 35.0 Å². The molecule has 1 aliphatic carbocycles. The van der Waals surface area contributed by atoms with Gasteiger partial charge in [-0.1, -0.05) is 6.92 Å². The van der Waals surface area contributed by atoms with Crippen LogP contribution in [0.25, 0.3) is 0 Å². The highest BCUT2D eigenvalue weighted by Crippen LogP contribution is 2.29. The van der Waals surface area contributed by atoms with Gasteiger partial charge in [-0.25, -0.2) is 9.97 Å². The Bertz CT molecular complexity index is 461. The molecule has 1 saturated carbocycles. The quantitative estimate of drug-likeness (QED) is 0.904. The second kappa shape index (κ2) is 5.77. The van der Waals surface area contributed by atoms with E-state index < -0.39 is 0 Å². The zero-order valence-electron chi connectivity index (χ0n) is 12.0.